The molecule has 2 aliphatic rings. The van der Waals surface area contributed by atoms with Crippen LogP contribution in [0, 0.1) is 0 Å². The lowest BCUT2D eigenvalue weighted by Crippen LogP contribution is -2.33. The van der Waals surface area contributed by atoms with Crippen molar-refractivity contribution in [3.63, 3.8) is 0 Å². The maximum absolute atomic E-state index is 12.4. The van der Waals surface area contributed by atoms with Crippen molar-refractivity contribution < 1.29 is 43.7 Å². The van der Waals surface area contributed by atoms with Crippen LogP contribution in [0.25, 0.3) is 0 Å². The molecule has 4 N–H and O–H groups in total. The largest absolute Gasteiger partial charge is 0.481 e. The highest BCUT2D eigenvalue weighted by Crippen LogP contribution is 2.35. The third kappa shape index (κ3) is 11.2. The summed E-state index contributed by atoms with van der Waals surface area (Å²) in [6.45, 7) is -1.01. The fourth-order valence-corrected chi connectivity index (χ4v) is 7.31. The Bertz CT molecular complexity index is 2640. The van der Waals surface area contributed by atoms with E-state index in [9.17, 15) is 28.8 Å². The molecule has 17 heteroatoms. The maximum atomic E-state index is 12.4. The fraction of sp³-hybridized carbons (Fsp3) is 0.106. The number of halogens is 4. The Morgan fingerprint density at radius 2 is 0.844 bits per heavy atom. The number of amides is 4. The number of hydrogen-bond donors (Lipinski definition) is 4. The van der Waals surface area contributed by atoms with Gasteiger partial charge in [-0.25, -0.2) is 4.90 Å². The molecule has 4 amide bonds. The van der Waals surface area contributed by atoms with Gasteiger partial charge in [-0.2, -0.15) is 0 Å². The highest BCUT2D eigenvalue weighted by molar-refractivity contribution is 6.40. The molecule has 0 atom stereocenters. The molecule has 6 aromatic rings. The van der Waals surface area contributed by atoms with Crippen LogP contribution in [0.1, 0.15) is 60.0 Å². The van der Waals surface area contributed by atoms with E-state index >= 15 is 0 Å². The molecule has 0 aliphatic carbocycles. The van der Waals surface area contributed by atoms with Crippen LogP contribution in [0.4, 0.5) is 22.7 Å². The lowest BCUT2D eigenvalue weighted by Gasteiger charge is -2.16. The van der Waals surface area contributed by atoms with Crippen LogP contribution in [0.3, 0.4) is 0 Å². The van der Waals surface area contributed by atoms with Crippen molar-refractivity contribution in [2.75, 3.05) is 24.1 Å². The number of benzene rings is 6. The second kappa shape index (κ2) is 22.1. The predicted molar refractivity (Wildman–Crippen MR) is 246 cm³/mol. The van der Waals surface area contributed by atoms with Crippen molar-refractivity contribution in [3.05, 3.63) is 187 Å². The number of esters is 1. The number of aliphatic hydroxyl groups is 1. The van der Waals surface area contributed by atoms with E-state index in [4.69, 9.17) is 61.4 Å². The number of carbonyl (C=O) groups excluding carboxylic acids is 5. The van der Waals surface area contributed by atoms with Crippen LogP contribution in [-0.4, -0.2) is 69.0 Å². The molecule has 8 rings (SSSR count). The van der Waals surface area contributed by atoms with Crippen LogP contribution in [0.2, 0.25) is 20.1 Å². The van der Waals surface area contributed by atoms with Gasteiger partial charge in [0.2, 0.25) is 0 Å². The van der Waals surface area contributed by atoms with Gasteiger partial charge in [-0.1, -0.05) is 127 Å². The molecular formula is C47H38Cl4N4O9. The number of carbonyl (C=O) groups is 6. The quantitative estimate of drug-likeness (QED) is 0.0716. The first-order chi connectivity index (χ1) is 30.3. The van der Waals surface area contributed by atoms with Gasteiger partial charge in [0.15, 0.2) is 6.73 Å². The van der Waals surface area contributed by atoms with E-state index in [1.54, 1.807) is 127 Å². The average molecular weight is 945 g/mol. The third-order valence-corrected chi connectivity index (χ3v) is 10.7. The Morgan fingerprint density at radius 3 is 1.22 bits per heavy atom. The zero-order valence-corrected chi connectivity index (χ0v) is 35.7. The molecule has 0 fully saturated rings. The van der Waals surface area contributed by atoms with E-state index < -0.39 is 49.0 Å². The molecule has 0 spiro atoms. The normalized spacial score (nSPS) is 12.2. The van der Waals surface area contributed by atoms with Gasteiger partial charge in [0.05, 0.1) is 66.6 Å². The fourth-order valence-electron chi connectivity index (χ4n) is 6.33. The number of anilines is 4. The summed E-state index contributed by atoms with van der Waals surface area (Å²) in [5.74, 6) is -3.30. The van der Waals surface area contributed by atoms with Gasteiger partial charge in [-0.15, -0.1) is 0 Å². The first kappa shape index (κ1) is 48.3. The minimum absolute atomic E-state index is 0. The molecule has 0 saturated carbocycles. The van der Waals surface area contributed by atoms with E-state index in [0.717, 1.165) is 9.80 Å². The number of ether oxygens (including phenoxy) is 1. The number of nitrogens with zero attached hydrogens (tertiary/aromatic N) is 2. The molecule has 2 heterocycles. The summed E-state index contributed by atoms with van der Waals surface area (Å²) in [5.41, 5.74) is 5.06. The van der Waals surface area contributed by atoms with Gasteiger partial charge in [0.1, 0.15) is 6.73 Å². The number of nitrogens with one attached hydrogen (secondary N) is 2. The monoisotopic (exact) mass is 942 g/mol. The number of para-hydroxylation sites is 4. The molecule has 0 radical (unpaired) electrons. The first-order valence-corrected chi connectivity index (χ1v) is 20.3. The van der Waals surface area contributed by atoms with Crippen molar-refractivity contribution in [2.24, 2.45) is 0 Å². The highest BCUT2D eigenvalue weighted by atomic mass is 35.5. The molecule has 328 valence electrons. The zero-order valence-electron chi connectivity index (χ0n) is 32.7. The van der Waals surface area contributed by atoms with E-state index in [2.05, 4.69) is 10.6 Å². The van der Waals surface area contributed by atoms with Crippen molar-refractivity contribution in [3.8, 4) is 0 Å². The SMILES string of the molecule is C.O=C(Cc1ccccc1Nc1c(Cl)cccc1Cl)OCN1C(=O)c2ccccc2C1=O.O=C(O)Cc1ccccc1Nc1c(Cl)cccc1Cl.O=C1c2ccccc2C(=O)N1CO. The first-order valence-electron chi connectivity index (χ1n) is 18.8. The number of rotatable bonds is 11. The standard InChI is InChI=1S/C23H16Cl2N2O4.C14H11Cl2NO2.C9H7NO3.CH4/c24-17-9-5-10-18(25)21(17)26-19-11-4-1-6-14(19)12-20(28)31-13-27-22(29)15-7-2-3-8-16(15)23(27)30;15-10-5-3-6-11(16)14(10)17-12-7-2-1-4-9(12)8-13(18)19;11-5-10-8(12)6-3-1-2-4-7(6)9(10)13;/h1-11,26H,12-13H2;1-7,17H,8H2,(H,18,19);1-4,11H,5H2;1H4. The van der Waals surface area contributed by atoms with E-state index in [0.29, 0.717) is 76.2 Å². The molecule has 64 heavy (non-hydrogen) atoms. The summed E-state index contributed by atoms with van der Waals surface area (Å²) in [6, 6.07) is 37.6. The summed E-state index contributed by atoms with van der Waals surface area (Å²) in [7, 11) is 0. The predicted octanol–water partition coefficient (Wildman–Crippen LogP) is 10.3. The number of fused-ring (bicyclic) bond motifs is 2. The summed E-state index contributed by atoms with van der Waals surface area (Å²) < 4.78 is 5.22. The van der Waals surface area contributed by atoms with Crippen molar-refractivity contribution in [1.29, 1.82) is 0 Å². The smallest absolute Gasteiger partial charge is 0.312 e. The third-order valence-electron chi connectivity index (χ3n) is 9.41. The van der Waals surface area contributed by atoms with Crippen LogP contribution < -0.4 is 10.6 Å². The van der Waals surface area contributed by atoms with Gasteiger partial charge in [0, 0.05) is 11.4 Å². The van der Waals surface area contributed by atoms with Gasteiger partial charge in [0.25, 0.3) is 23.6 Å². The van der Waals surface area contributed by atoms with Crippen LogP contribution in [-0.2, 0) is 27.2 Å². The summed E-state index contributed by atoms with van der Waals surface area (Å²) in [6.07, 6.45) is -0.139. The summed E-state index contributed by atoms with van der Waals surface area (Å²) in [4.78, 5) is 72.5. The van der Waals surface area contributed by atoms with Gasteiger partial charge in [-0.05, 0) is 71.8 Å². The molecule has 0 saturated heterocycles. The number of hydrogen-bond acceptors (Lipinski definition) is 10. The lowest BCUT2D eigenvalue weighted by atomic mass is 10.1. The second-order valence-electron chi connectivity index (χ2n) is 13.5. The molecule has 0 aromatic heterocycles. The minimum Gasteiger partial charge on any atom is -0.481 e. The van der Waals surface area contributed by atoms with Crippen molar-refractivity contribution in [2.45, 2.75) is 20.3 Å². The van der Waals surface area contributed by atoms with Crippen molar-refractivity contribution >= 4 is 105 Å². The van der Waals surface area contributed by atoms with E-state index in [-0.39, 0.29) is 20.3 Å². The maximum Gasteiger partial charge on any atom is 0.312 e. The van der Waals surface area contributed by atoms with E-state index in [1.807, 2.05) is 6.07 Å². The number of aliphatic carboxylic acids is 1. The second-order valence-corrected chi connectivity index (χ2v) is 15.1. The highest BCUT2D eigenvalue weighted by Gasteiger charge is 2.36. The lowest BCUT2D eigenvalue weighted by molar-refractivity contribution is -0.145. The topological polar surface area (TPSA) is 183 Å². The Balaban J connectivity index is 0.000000198. The van der Waals surface area contributed by atoms with Crippen molar-refractivity contribution in [1.82, 2.24) is 9.80 Å². The number of imide groups is 2. The van der Waals surface area contributed by atoms with Gasteiger partial charge < -0.3 is 25.6 Å². The number of carboxylic acids is 1. The number of carboxylic acid groups (broad SMARTS) is 1. The summed E-state index contributed by atoms with van der Waals surface area (Å²) in [5, 5.41) is 25.7. The average Bonchev–Trinajstić information content (AvgIpc) is 3.67. The Morgan fingerprint density at radius 1 is 0.500 bits per heavy atom. The molecular weight excluding hydrogens is 906 g/mol. The van der Waals surface area contributed by atoms with Gasteiger partial charge in [-0.3, -0.25) is 33.7 Å². The molecule has 0 unspecified atom stereocenters. The zero-order chi connectivity index (χ0) is 45.2. The minimum atomic E-state index is -0.889. The molecule has 0 bridgehead atoms. The molecule has 2 aliphatic heterocycles. The van der Waals surface area contributed by atoms with Crippen LogP contribution >= 0.6 is 46.4 Å². The van der Waals surface area contributed by atoms with Crippen LogP contribution in [0.15, 0.2) is 133 Å². The summed E-state index contributed by atoms with van der Waals surface area (Å²) >= 11 is 24.6. The van der Waals surface area contributed by atoms with Gasteiger partial charge >= 0.3 is 11.9 Å². The molecule has 13 nitrogen and oxygen atoms in total. The Hall–Kier alpha value is -6.74. The Labute approximate surface area is 387 Å². The van der Waals surface area contributed by atoms with Crippen LogP contribution in [0.5, 0.6) is 0 Å². The Kier molecular flexibility index (Phi) is 16.6. The number of aliphatic hydroxyl groups excluding tert-OH is 1. The molecule has 6 aromatic carbocycles. The van der Waals surface area contributed by atoms with E-state index in [1.165, 1.54) is 0 Å².